The Balaban J connectivity index is 1.45. The number of carbonyl (C=O) groups excluding carboxylic acids is 1. The Morgan fingerprint density at radius 1 is 1.33 bits per heavy atom. The zero-order valence-electron chi connectivity index (χ0n) is 18.2. The highest BCUT2D eigenvalue weighted by Gasteiger charge is 2.64. The van der Waals surface area contributed by atoms with Gasteiger partial charge in [-0.2, -0.15) is 0 Å². The Morgan fingerprint density at radius 2 is 2.17 bits per heavy atom. The third-order valence-electron chi connectivity index (χ3n) is 9.24. The molecular weight excluding hydrogens is 374 g/mol. The molecule has 5 unspecified atom stereocenters. The summed E-state index contributed by atoms with van der Waals surface area (Å²) in [5.41, 5.74) is 1.03. The van der Waals surface area contributed by atoms with E-state index >= 15 is 0 Å². The van der Waals surface area contributed by atoms with E-state index in [0.717, 1.165) is 44.2 Å². The zero-order valence-corrected chi connectivity index (χ0v) is 18.2. The molecule has 1 aromatic heterocycles. The molecule has 7 atom stereocenters. The van der Waals surface area contributed by atoms with E-state index in [4.69, 9.17) is 6.42 Å². The lowest BCUT2D eigenvalue weighted by molar-refractivity contribution is -0.134. The topological polar surface area (TPSA) is 68.0 Å². The van der Waals surface area contributed by atoms with Crippen molar-refractivity contribution < 1.29 is 9.90 Å². The molecule has 0 bridgehead atoms. The first-order chi connectivity index (χ1) is 14.4. The molecule has 160 valence electrons. The third kappa shape index (κ3) is 2.76. The van der Waals surface area contributed by atoms with Gasteiger partial charge in [-0.1, -0.05) is 24.6 Å². The predicted octanol–water partition coefficient (Wildman–Crippen LogP) is 3.88. The Labute approximate surface area is 179 Å². The first-order valence-electron chi connectivity index (χ1n) is 11.7. The Kier molecular flexibility index (Phi) is 4.70. The molecule has 0 amide bonds. The summed E-state index contributed by atoms with van der Waals surface area (Å²) in [4.78, 5) is 12.0. The van der Waals surface area contributed by atoms with Crippen molar-refractivity contribution in [3.63, 3.8) is 0 Å². The number of hydrogen-bond acceptors (Lipinski definition) is 4. The molecule has 30 heavy (non-hydrogen) atoms. The van der Waals surface area contributed by atoms with Crippen molar-refractivity contribution in [2.75, 3.05) is 0 Å². The van der Waals surface area contributed by atoms with E-state index in [1.54, 1.807) is 4.68 Å². The first kappa shape index (κ1) is 20.0. The molecule has 0 aromatic carbocycles. The maximum Gasteiger partial charge on any atom is 0.155 e. The van der Waals surface area contributed by atoms with Crippen molar-refractivity contribution in [1.29, 1.82) is 0 Å². The summed E-state index contributed by atoms with van der Waals surface area (Å²) in [7, 11) is 0. The van der Waals surface area contributed by atoms with E-state index in [1.807, 2.05) is 12.3 Å². The van der Waals surface area contributed by atoms with Crippen LogP contribution in [0, 0.1) is 47.3 Å². The molecule has 1 N–H and O–H groups in total. The molecule has 5 rings (SSSR count). The van der Waals surface area contributed by atoms with Crippen molar-refractivity contribution in [2.45, 2.75) is 77.4 Å². The molecule has 1 aromatic rings. The van der Waals surface area contributed by atoms with Crippen molar-refractivity contribution >= 4 is 5.78 Å². The van der Waals surface area contributed by atoms with Crippen LogP contribution < -0.4 is 0 Å². The van der Waals surface area contributed by atoms with Crippen LogP contribution in [0.2, 0.25) is 0 Å². The summed E-state index contributed by atoms with van der Waals surface area (Å²) in [5.74, 6) is 5.85. The lowest BCUT2D eigenvalue weighted by atomic mass is 9.48. The maximum absolute atomic E-state index is 12.0. The van der Waals surface area contributed by atoms with E-state index in [-0.39, 0.29) is 5.41 Å². The van der Waals surface area contributed by atoms with Crippen LogP contribution in [0.5, 0.6) is 0 Å². The number of aryl methyl sites for hydroxylation is 1. The molecule has 3 saturated carbocycles. The van der Waals surface area contributed by atoms with Gasteiger partial charge in [0.1, 0.15) is 11.3 Å². The molecule has 0 saturated heterocycles. The summed E-state index contributed by atoms with van der Waals surface area (Å²) in [6, 6.07) is 0. The lowest BCUT2D eigenvalue weighted by Gasteiger charge is -2.57. The Morgan fingerprint density at radius 3 is 2.97 bits per heavy atom. The average molecular weight is 408 g/mol. The second-order valence-corrected chi connectivity index (χ2v) is 10.5. The minimum atomic E-state index is -0.921. The molecular formula is C25H33N3O2. The predicted molar refractivity (Wildman–Crippen MR) is 114 cm³/mol. The highest BCUT2D eigenvalue weighted by Crippen LogP contribution is 2.68. The van der Waals surface area contributed by atoms with Gasteiger partial charge in [0, 0.05) is 18.3 Å². The summed E-state index contributed by atoms with van der Waals surface area (Å²) in [5, 5.41) is 20.6. The largest absolute Gasteiger partial charge is 0.383 e. The zero-order chi connectivity index (χ0) is 21.1. The molecule has 0 spiro atoms. The van der Waals surface area contributed by atoms with Crippen molar-refractivity contribution in [3.05, 3.63) is 23.5 Å². The second-order valence-electron chi connectivity index (χ2n) is 10.5. The molecule has 3 fully saturated rings. The van der Waals surface area contributed by atoms with Crippen LogP contribution in [-0.2, 0) is 16.9 Å². The number of aromatic nitrogens is 3. The SMILES string of the molecule is C#CCCn1cc([C@]2(O)CCC3C4C(C)CC5=CC(=O)CCC5C4CC[C@@]32C)nn1. The van der Waals surface area contributed by atoms with Gasteiger partial charge in [-0.25, -0.2) is 0 Å². The summed E-state index contributed by atoms with van der Waals surface area (Å²) < 4.78 is 1.77. The summed E-state index contributed by atoms with van der Waals surface area (Å²) in [6.07, 6.45) is 16.6. The van der Waals surface area contributed by atoms with Crippen LogP contribution in [0.3, 0.4) is 0 Å². The molecule has 5 heteroatoms. The monoisotopic (exact) mass is 407 g/mol. The molecule has 4 aliphatic carbocycles. The van der Waals surface area contributed by atoms with Crippen LogP contribution >= 0.6 is 0 Å². The highest BCUT2D eigenvalue weighted by molar-refractivity contribution is 5.91. The number of allylic oxidation sites excluding steroid dienone is 1. The van der Waals surface area contributed by atoms with Crippen LogP contribution in [0.4, 0.5) is 0 Å². The van der Waals surface area contributed by atoms with Gasteiger partial charge in [0.15, 0.2) is 5.78 Å². The molecule has 4 aliphatic rings. The number of hydrogen-bond donors (Lipinski definition) is 1. The number of ketones is 1. The lowest BCUT2D eigenvalue weighted by Crippen LogP contribution is -2.53. The van der Waals surface area contributed by atoms with E-state index in [1.165, 1.54) is 5.57 Å². The van der Waals surface area contributed by atoms with Crippen molar-refractivity contribution in [1.82, 2.24) is 15.0 Å². The maximum atomic E-state index is 12.0. The second kappa shape index (κ2) is 7.05. The third-order valence-corrected chi connectivity index (χ3v) is 9.24. The fourth-order valence-corrected chi connectivity index (χ4v) is 7.80. The molecule has 1 heterocycles. The van der Waals surface area contributed by atoms with Gasteiger partial charge >= 0.3 is 0 Å². The molecule has 0 radical (unpaired) electrons. The van der Waals surface area contributed by atoms with E-state index in [2.05, 4.69) is 30.1 Å². The summed E-state index contributed by atoms with van der Waals surface area (Å²) >= 11 is 0. The Bertz CT molecular complexity index is 927. The van der Waals surface area contributed by atoms with Gasteiger partial charge in [-0.3, -0.25) is 9.48 Å². The minimum absolute atomic E-state index is 0.179. The molecule has 0 aliphatic heterocycles. The number of carbonyl (C=O) groups is 1. The van der Waals surface area contributed by atoms with Crippen molar-refractivity contribution in [3.8, 4) is 12.3 Å². The number of nitrogens with zero attached hydrogens (tertiary/aromatic N) is 3. The Hall–Kier alpha value is -1.93. The van der Waals surface area contributed by atoms with Crippen LogP contribution in [0.1, 0.15) is 70.9 Å². The number of rotatable bonds is 3. The number of aliphatic hydroxyl groups is 1. The van der Waals surface area contributed by atoms with Crippen molar-refractivity contribution in [2.24, 2.45) is 35.0 Å². The number of terminal acetylenes is 1. The first-order valence-corrected chi connectivity index (χ1v) is 11.7. The van der Waals surface area contributed by atoms with Gasteiger partial charge in [0.25, 0.3) is 0 Å². The van der Waals surface area contributed by atoms with Gasteiger partial charge in [-0.15, -0.1) is 17.4 Å². The standard InChI is InChI=1S/C25H33N3O2/c1-4-5-12-28-15-22(26-27-28)25(30)11-9-21-23-16(2)13-17-14-18(29)6-7-19(17)20(23)8-10-24(21,25)3/h1,14-16,19-21,23,30H,5-13H2,2-3H3/t16?,19?,20?,21?,23?,24-,25+/m0/s1. The van der Waals surface area contributed by atoms with E-state index in [0.29, 0.717) is 54.8 Å². The highest BCUT2D eigenvalue weighted by atomic mass is 16.3. The van der Waals surface area contributed by atoms with Gasteiger partial charge in [-0.05, 0) is 74.2 Å². The normalized spacial score (nSPS) is 42.7. The van der Waals surface area contributed by atoms with Gasteiger partial charge < -0.3 is 5.11 Å². The van der Waals surface area contributed by atoms with Crippen LogP contribution in [-0.4, -0.2) is 25.9 Å². The fourth-order valence-electron chi connectivity index (χ4n) is 7.80. The van der Waals surface area contributed by atoms with Gasteiger partial charge in [0.2, 0.25) is 0 Å². The van der Waals surface area contributed by atoms with Crippen LogP contribution in [0.25, 0.3) is 0 Å². The van der Waals surface area contributed by atoms with Crippen LogP contribution in [0.15, 0.2) is 17.8 Å². The minimum Gasteiger partial charge on any atom is -0.383 e. The number of fused-ring (bicyclic) bond motifs is 5. The van der Waals surface area contributed by atoms with E-state index < -0.39 is 5.60 Å². The smallest absolute Gasteiger partial charge is 0.155 e. The average Bonchev–Trinajstić information content (AvgIpc) is 3.30. The summed E-state index contributed by atoms with van der Waals surface area (Å²) in [6.45, 7) is 5.30. The fraction of sp³-hybridized carbons (Fsp3) is 0.720. The van der Waals surface area contributed by atoms with E-state index in [9.17, 15) is 9.90 Å². The quantitative estimate of drug-likeness (QED) is 0.772. The van der Waals surface area contributed by atoms with Gasteiger partial charge in [0.05, 0.1) is 12.7 Å². The molecule has 5 nitrogen and oxygen atoms in total.